The summed E-state index contributed by atoms with van der Waals surface area (Å²) in [5, 5.41) is 0. The van der Waals surface area contributed by atoms with Crippen molar-refractivity contribution < 1.29 is 4.79 Å². The summed E-state index contributed by atoms with van der Waals surface area (Å²) >= 11 is 0. The van der Waals surface area contributed by atoms with E-state index in [-0.39, 0.29) is 54.3 Å². The van der Waals surface area contributed by atoms with Crippen LogP contribution in [0.25, 0.3) is 0 Å². The van der Waals surface area contributed by atoms with Gasteiger partial charge in [-0.2, -0.15) is 0 Å². The van der Waals surface area contributed by atoms with E-state index in [0.717, 1.165) is 0 Å². The van der Waals surface area contributed by atoms with Crippen LogP contribution in [0.3, 0.4) is 0 Å². The van der Waals surface area contributed by atoms with Crippen LogP contribution in [0.1, 0.15) is 13.3 Å². The number of nitrogens with two attached hydrogens (primary N) is 1. The molecular weight excluding hydrogens is 96.0 g/mol. The van der Waals surface area contributed by atoms with Crippen LogP contribution in [0.4, 0.5) is 0 Å². The van der Waals surface area contributed by atoms with Crippen LogP contribution in [0.2, 0.25) is 0 Å². The van der Waals surface area contributed by atoms with Gasteiger partial charge in [0, 0.05) is 6.42 Å². The molecule has 1 amide bonds. The Labute approximate surface area is 77.7 Å². The molecule has 0 aromatic heterocycles. The van der Waals surface area contributed by atoms with Gasteiger partial charge in [0.1, 0.15) is 0 Å². The standard InChI is InChI=1S/C3H7NO.Li.Na.2H/c1-2-3(4)5;;;;/h2H2,1H3,(H2,4,5);;;;. The summed E-state index contributed by atoms with van der Waals surface area (Å²) in [7, 11) is 0. The first-order valence-electron chi connectivity index (χ1n) is 1.55. The van der Waals surface area contributed by atoms with E-state index < -0.39 is 0 Å². The first-order chi connectivity index (χ1) is 2.27. The second-order valence-electron chi connectivity index (χ2n) is 0.820. The third-order valence-corrected chi connectivity index (χ3v) is 0.348. The van der Waals surface area contributed by atoms with Crippen LogP contribution < -0.4 is 5.73 Å². The predicted molar refractivity (Wildman–Crippen MR) is 33.8 cm³/mol. The monoisotopic (exact) mass is 105 g/mol. The zero-order valence-corrected chi connectivity index (χ0v) is 3.19. The summed E-state index contributed by atoms with van der Waals surface area (Å²) in [5.74, 6) is -0.245. The molecule has 0 saturated carbocycles. The van der Waals surface area contributed by atoms with Crippen LogP contribution in [-0.4, -0.2) is 54.3 Å². The van der Waals surface area contributed by atoms with Crippen molar-refractivity contribution in [2.45, 2.75) is 13.3 Å². The van der Waals surface area contributed by atoms with Gasteiger partial charge in [-0.1, -0.05) is 6.92 Å². The molecule has 0 aliphatic rings. The molecule has 0 bridgehead atoms. The fourth-order valence-electron chi connectivity index (χ4n) is 0. The van der Waals surface area contributed by atoms with Gasteiger partial charge in [-0.15, -0.1) is 0 Å². The third-order valence-electron chi connectivity index (χ3n) is 0.348. The minimum atomic E-state index is -0.245. The van der Waals surface area contributed by atoms with Crippen molar-refractivity contribution in [1.29, 1.82) is 0 Å². The molecular formula is C3H9LiNNaO. The molecule has 0 heterocycles. The molecule has 4 heteroatoms. The van der Waals surface area contributed by atoms with Crippen molar-refractivity contribution in [3.63, 3.8) is 0 Å². The van der Waals surface area contributed by atoms with Crippen LogP contribution in [0.5, 0.6) is 0 Å². The second-order valence-corrected chi connectivity index (χ2v) is 0.820. The topological polar surface area (TPSA) is 43.1 Å². The van der Waals surface area contributed by atoms with E-state index in [1.807, 2.05) is 0 Å². The van der Waals surface area contributed by atoms with Crippen LogP contribution in [0, 0.1) is 0 Å². The summed E-state index contributed by atoms with van der Waals surface area (Å²) in [4.78, 5) is 9.59. The molecule has 0 atom stereocenters. The van der Waals surface area contributed by atoms with Gasteiger partial charge < -0.3 is 5.73 Å². The number of rotatable bonds is 1. The van der Waals surface area contributed by atoms with Crippen molar-refractivity contribution in [3.05, 3.63) is 0 Å². The van der Waals surface area contributed by atoms with E-state index >= 15 is 0 Å². The molecule has 0 radical (unpaired) electrons. The van der Waals surface area contributed by atoms with E-state index in [2.05, 4.69) is 5.73 Å². The quantitative estimate of drug-likeness (QED) is 0.409. The minimum absolute atomic E-state index is 0. The van der Waals surface area contributed by atoms with E-state index in [1.54, 1.807) is 6.92 Å². The molecule has 0 fully saturated rings. The molecule has 2 N–H and O–H groups in total. The summed E-state index contributed by atoms with van der Waals surface area (Å²) < 4.78 is 0. The summed E-state index contributed by atoms with van der Waals surface area (Å²) in [6.45, 7) is 1.72. The molecule has 0 spiro atoms. The Bertz CT molecular complexity index is 50.2. The Morgan fingerprint density at radius 2 is 1.86 bits per heavy atom. The van der Waals surface area contributed by atoms with Crippen LogP contribution in [-0.2, 0) is 4.79 Å². The fraction of sp³-hybridized carbons (Fsp3) is 0.667. The van der Waals surface area contributed by atoms with Gasteiger partial charge in [-0.25, -0.2) is 0 Å². The van der Waals surface area contributed by atoms with Gasteiger partial charge in [-0.05, 0) is 0 Å². The maximum absolute atomic E-state index is 9.59. The summed E-state index contributed by atoms with van der Waals surface area (Å²) in [6.07, 6.45) is 0.444. The Morgan fingerprint density at radius 3 is 1.86 bits per heavy atom. The van der Waals surface area contributed by atoms with E-state index in [4.69, 9.17) is 0 Å². The summed E-state index contributed by atoms with van der Waals surface area (Å²) in [5.41, 5.74) is 4.65. The van der Waals surface area contributed by atoms with Crippen molar-refractivity contribution in [1.82, 2.24) is 0 Å². The number of carbonyl (C=O) groups is 1. The van der Waals surface area contributed by atoms with Crippen molar-refractivity contribution >= 4 is 54.3 Å². The molecule has 0 aliphatic carbocycles. The van der Waals surface area contributed by atoms with Gasteiger partial charge in [-0.3, -0.25) is 4.79 Å². The van der Waals surface area contributed by atoms with Gasteiger partial charge in [0.15, 0.2) is 0 Å². The van der Waals surface area contributed by atoms with Crippen LogP contribution in [0.15, 0.2) is 0 Å². The van der Waals surface area contributed by atoms with Gasteiger partial charge >= 0.3 is 48.4 Å². The maximum atomic E-state index is 9.59. The SMILES string of the molecule is CCC(N)=O.[LiH].[NaH]. The first-order valence-corrected chi connectivity index (χ1v) is 1.55. The molecule has 7 heavy (non-hydrogen) atoms. The van der Waals surface area contributed by atoms with Gasteiger partial charge in [0.2, 0.25) is 5.91 Å². The van der Waals surface area contributed by atoms with Crippen molar-refractivity contribution in [2.75, 3.05) is 0 Å². The number of hydrogen-bond donors (Lipinski definition) is 1. The van der Waals surface area contributed by atoms with Crippen molar-refractivity contribution in [2.24, 2.45) is 5.73 Å². The summed E-state index contributed by atoms with van der Waals surface area (Å²) in [6, 6.07) is 0. The normalized spacial score (nSPS) is 5.29. The number of carbonyl (C=O) groups excluding carboxylic acids is 1. The number of amides is 1. The molecule has 0 aromatic rings. The molecule has 0 aliphatic heterocycles. The molecule has 0 unspecified atom stereocenters. The van der Waals surface area contributed by atoms with E-state index in [1.165, 1.54) is 0 Å². The zero-order chi connectivity index (χ0) is 4.28. The van der Waals surface area contributed by atoms with Gasteiger partial charge in [0.25, 0.3) is 0 Å². The molecule has 34 valence electrons. The third kappa shape index (κ3) is 19.3. The van der Waals surface area contributed by atoms with Crippen LogP contribution >= 0.6 is 0 Å². The average Bonchev–Trinajstić information content (AvgIpc) is 1.38. The fourth-order valence-corrected chi connectivity index (χ4v) is 0. The number of primary amides is 1. The Balaban J connectivity index is -0.0000000800. The van der Waals surface area contributed by atoms with E-state index in [9.17, 15) is 4.79 Å². The second kappa shape index (κ2) is 10.1. The molecule has 0 saturated heterocycles. The van der Waals surface area contributed by atoms with Gasteiger partial charge in [0.05, 0.1) is 0 Å². The van der Waals surface area contributed by atoms with Crippen molar-refractivity contribution in [3.8, 4) is 0 Å². The average molecular weight is 105 g/mol. The molecule has 0 aromatic carbocycles. The first kappa shape index (κ1) is 15.7. The Kier molecular flexibility index (Phi) is 22.7. The molecule has 0 rings (SSSR count). The Hall–Kier alpha value is 1.07. The molecule has 2 nitrogen and oxygen atoms in total. The predicted octanol–water partition coefficient (Wildman–Crippen LogP) is -1.42. The van der Waals surface area contributed by atoms with E-state index in [0.29, 0.717) is 6.42 Å². The number of hydrogen-bond acceptors (Lipinski definition) is 1. The Morgan fingerprint density at radius 1 is 1.71 bits per heavy atom. The zero-order valence-electron chi connectivity index (χ0n) is 3.19.